The summed E-state index contributed by atoms with van der Waals surface area (Å²) < 4.78 is 22.2. The molecule has 0 rings (SSSR count). The second-order valence-corrected chi connectivity index (χ2v) is 4.74. The molecule has 1 radical (unpaired) electrons. The fraction of sp³-hybridized carbons (Fsp3) is 0.778. The molecule has 0 aromatic carbocycles. The zero-order valence-electron chi connectivity index (χ0n) is 9.20. The highest BCUT2D eigenvalue weighted by Crippen LogP contribution is 2.59. The Morgan fingerprint density at radius 1 is 1.14 bits per heavy atom. The molecule has 83 valence electrons. The van der Waals surface area contributed by atoms with Gasteiger partial charge in [-0.15, -0.1) is 0 Å². The lowest BCUT2D eigenvalue weighted by Gasteiger charge is -2.22. The summed E-state index contributed by atoms with van der Waals surface area (Å²) in [5.74, 6) is -0.224. The molecule has 0 saturated carbocycles. The molecular formula is C9H18O4P. The van der Waals surface area contributed by atoms with Crippen molar-refractivity contribution in [2.24, 2.45) is 0 Å². The van der Waals surface area contributed by atoms with Gasteiger partial charge in [-0.2, -0.15) is 0 Å². The molecule has 0 heterocycles. The van der Waals surface area contributed by atoms with Gasteiger partial charge < -0.3 is 9.05 Å². The second-order valence-electron chi connectivity index (χ2n) is 2.69. The number of Topliss-reactive ketones (excluding diaryl/α,β-unsaturated/α-hetero) is 1. The van der Waals surface area contributed by atoms with Crippen LogP contribution in [0.15, 0.2) is 0 Å². The van der Waals surface area contributed by atoms with E-state index < -0.39 is 7.60 Å². The highest BCUT2D eigenvalue weighted by molar-refractivity contribution is 7.58. The molecule has 0 bridgehead atoms. The monoisotopic (exact) mass is 221 g/mol. The topological polar surface area (TPSA) is 52.6 Å². The summed E-state index contributed by atoms with van der Waals surface area (Å²) >= 11 is 0. The van der Waals surface area contributed by atoms with Crippen molar-refractivity contribution >= 4 is 13.4 Å². The zero-order valence-corrected chi connectivity index (χ0v) is 10.1. The third kappa shape index (κ3) is 3.52. The van der Waals surface area contributed by atoms with Crippen LogP contribution in [0.4, 0.5) is 0 Å². The standard InChI is InChI=1S/C9H18O4P/c1-5-9(8(4)10)14(11,12-6-2)13-7-3/h5-7H2,1-4H3. The Bertz CT molecular complexity index is 217. The van der Waals surface area contributed by atoms with Gasteiger partial charge >= 0.3 is 7.60 Å². The van der Waals surface area contributed by atoms with Gasteiger partial charge in [0.15, 0.2) is 5.66 Å². The van der Waals surface area contributed by atoms with E-state index in [4.69, 9.17) is 9.05 Å². The van der Waals surface area contributed by atoms with E-state index in [0.717, 1.165) is 0 Å². The summed E-state index contributed by atoms with van der Waals surface area (Å²) in [7, 11) is -3.32. The summed E-state index contributed by atoms with van der Waals surface area (Å²) in [6, 6.07) is 0. The Hall–Kier alpha value is -0.180. The first kappa shape index (κ1) is 13.8. The van der Waals surface area contributed by atoms with Gasteiger partial charge in [-0.1, -0.05) is 6.92 Å². The van der Waals surface area contributed by atoms with E-state index in [2.05, 4.69) is 0 Å². The lowest BCUT2D eigenvalue weighted by molar-refractivity contribution is -0.114. The van der Waals surface area contributed by atoms with Crippen LogP contribution in [-0.4, -0.2) is 19.0 Å². The Labute approximate surface area is 85.5 Å². The first-order valence-electron chi connectivity index (χ1n) is 4.78. The number of rotatable bonds is 7. The summed E-state index contributed by atoms with van der Waals surface area (Å²) in [4.78, 5) is 11.2. The van der Waals surface area contributed by atoms with Crippen LogP contribution in [0.1, 0.15) is 34.1 Å². The van der Waals surface area contributed by atoms with Crippen molar-refractivity contribution < 1.29 is 18.4 Å². The third-order valence-corrected chi connectivity index (χ3v) is 4.16. The molecule has 5 heteroatoms. The van der Waals surface area contributed by atoms with Gasteiger partial charge in [0.25, 0.3) is 0 Å². The first-order chi connectivity index (χ1) is 6.51. The highest BCUT2D eigenvalue weighted by atomic mass is 31.2. The largest absolute Gasteiger partial charge is 0.345 e. The van der Waals surface area contributed by atoms with Crippen molar-refractivity contribution in [2.45, 2.75) is 34.1 Å². The molecule has 0 atom stereocenters. The number of carbonyl (C=O) groups is 1. The van der Waals surface area contributed by atoms with Gasteiger partial charge in [0.2, 0.25) is 0 Å². The Morgan fingerprint density at radius 2 is 1.57 bits per heavy atom. The van der Waals surface area contributed by atoms with Crippen molar-refractivity contribution in [1.82, 2.24) is 0 Å². The Morgan fingerprint density at radius 3 is 1.79 bits per heavy atom. The molecule has 0 N–H and O–H groups in total. The van der Waals surface area contributed by atoms with E-state index in [1.807, 2.05) is 0 Å². The molecule has 0 aromatic heterocycles. The van der Waals surface area contributed by atoms with Gasteiger partial charge in [0.1, 0.15) is 5.78 Å². The molecule has 0 saturated heterocycles. The fourth-order valence-electron chi connectivity index (χ4n) is 1.17. The van der Waals surface area contributed by atoms with E-state index in [0.29, 0.717) is 6.42 Å². The van der Waals surface area contributed by atoms with Crippen LogP contribution in [0.25, 0.3) is 0 Å². The van der Waals surface area contributed by atoms with Gasteiger partial charge in [-0.3, -0.25) is 9.36 Å². The minimum atomic E-state index is -3.32. The van der Waals surface area contributed by atoms with Crippen LogP contribution in [0.2, 0.25) is 0 Å². The lowest BCUT2D eigenvalue weighted by Crippen LogP contribution is -2.12. The smallest absolute Gasteiger partial charge is 0.308 e. The summed E-state index contributed by atoms with van der Waals surface area (Å²) in [6.07, 6.45) is 0.395. The minimum absolute atomic E-state index is 0.224. The molecule has 0 spiro atoms. The number of ketones is 1. The molecule has 0 aliphatic rings. The molecule has 14 heavy (non-hydrogen) atoms. The van der Waals surface area contributed by atoms with Crippen molar-refractivity contribution in [3.8, 4) is 0 Å². The van der Waals surface area contributed by atoms with Gasteiger partial charge in [0.05, 0.1) is 13.2 Å². The molecule has 0 aromatic rings. The van der Waals surface area contributed by atoms with E-state index in [9.17, 15) is 9.36 Å². The maximum atomic E-state index is 12.1. The molecule has 0 amide bonds. The van der Waals surface area contributed by atoms with Crippen molar-refractivity contribution in [3.05, 3.63) is 5.66 Å². The van der Waals surface area contributed by atoms with Crippen LogP contribution in [0, 0.1) is 5.66 Å². The molecule has 4 nitrogen and oxygen atoms in total. The minimum Gasteiger partial charge on any atom is -0.308 e. The lowest BCUT2D eigenvalue weighted by atomic mass is 10.2. The molecule has 0 fully saturated rings. The maximum absolute atomic E-state index is 12.1. The normalized spacial score (nSPS) is 12.1. The van der Waals surface area contributed by atoms with Gasteiger partial charge in [-0.05, 0) is 27.2 Å². The average Bonchev–Trinajstić information content (AvgIpc) is 2.04. The summed E-state index contributed by atoms with van der Waals surface area (Å²) in [6.45, 7) is 7.13. The molecule has 0 aliphatic heterocycles. The van der Waals surface area contributed by atoms with Crippen LogP contribution >= 0.6 is 7.60 Å². The SMILES string of the molecule is CCOP(=O)(OCC)[C](CC)C(C)=O. The van der Waals surface area contributed by atoms with E-state index >= 15 is 0 Å². The number of hydrogen-bond donors (Lipinski definition) is 0. The van der Waals surface area contributed by atoms with E-state index in [1.165, 1.54) is 6.92 Å². The number of carbonyl (C=O) groups excluding carboxylic acids is 1. The van der Waals surface area contributed by atoms with Crippen LogP contribution < -0.4 is 0 Å². The Balaban J connectivity index is 4.76. The van der Waals surface area contributed by atoms with Crippen molar-refractivity contribution in [1.29, 1.82) is 0 Å². The molecule has 0 aliphatic carbocycles. The average molecular weight is 221 g/mol. The first-order valence-corrected chi connectivity index (χ1v) is 6.32. The summed E-state index contributed by atoms with van der Waals surface area (Å²) in [5, 5.41) is 0. The molecular weight excluding hydrogens is 203 g/mol. The van der Waals surface area contributed by atoms with Gasteiger partial charge in [-0.25, -0.2) is 0 Å². The van der Waals surface area contributed by atoms with Crippen LogP contribution in [0.5, 0.6) is 0 Å². The van der Waals surface area contributed by atoms with Crippen molar-refractivity contribution in [3.63, 3.8) is 0 Å². The summed E-state index contributed by atoms with van der Waals surface area (Å²) in [5.41, 5.74) is 0.251. The quantitative estimate of drug-likeness (QED) is 0.620. The Kier molecular flexibility index (Phi) is 6.25. The fourth-order valence-corrected chi connectivity index (χ4v) is 3.01. The highest BCUT2D eigenvalue weighted by Gasteiger charge is 2.38. The van der Waals surface area contributed by atoms with E-state index in [-0.39, 0.29) is 24.7 Å². The van der Waals surface area contributed by atoms with Gasteiger partial charge in [0, 0.05) is 0 Å². The van der Waals surface area contributed by atoms with Crippen LogP contribution in [0.3, 0.4) is 0 Å². The molecule has 0 unspecified atom stereocenters. The predicted molar refractivity (Wildman–Crippen MR) is 55.1 cm³/mol. The third-order valence-electron chi connectivity index (χ3n) is 1.67. The number of hydrogen-bond acceptors (Lipinski definition) is 4. The maximum Gasteiger partial charge on any atom is 0.345 e. The zero-order chi connectivity index (χ0) is 11.2. The second kappa shape index (κ2) is 6.33. The predicted octanol–water partition coefficient (Wildman–Crippen LogP) is 2.78. The van der Waals surface area contributed by atoms with E-state index in [1.54, 1.807) is 20.8 Å². The van der Waals surface area contributed by atoms with Crippen LogP contribution in [-0.2, 0) is 18.4 Å². The van der Waals surface area contributed by atoms with Crippen molar-refractivity contribution in [2.75, 3.05) is 13.2 Å².